The monoisotopic (exact) mass is 376 g/mol. The van der Waals surface area contributed by atoms with Crippen molar-refractivity contribution in [1.82, 2.24) is 4.57 Å². The number of benzene rings is 2. The number of amides is 1. The van der Waals surface area contributed by atoms with E-state index < -0.39 is 11.9 Å². The Morgan fingerprint density at radius 1 is 1.18 bits per heavy atom. The van der Waals surface area contributed by atoms with Gasteiger partial charge < -0.3 is 14.6 Å². The van der Waals surface area contributed by atoms with Gasteiger partial charge in [-0.25, -0.2) is 4.79 Å². The molecule has 1 atom stereocenters. The van der Waals surface area contributed by atoms with Crippen molar-refractivity contribution in [2.45, 2.75) is 26.3 Å². The van der Waals surface area contributed by atoms with E-state index in [9.17, 15) is 14.4 Å². The number of hydrogen-bond donors (Lipinski definition) is 1. The molecule has 142 valence electrons. The number of rotatable bonds is 4. The summed E-state index contributed by atoms with van der Waals surface area (Å²) in [6.07, 6.45) is 2.49. The summed E-state index contributed by atoms with van der Waals surface area (Å²) in [6, 6.07) is 12.2. The van der Waals surface area contributed by atoms with Crippen LogP contribution in [-0.2, 0) is 11.2 Å². The third-order valence-corrected chi connectivity index (χ3v) is 5.02. The smallest absolute Gasteiger partial charge is 0.338 e. The first kappa shape index (κ1) is 18.0. The molecular formula is C22H20N2O4. The molecule has 6 nitrogen and oxygen atoms in total. The third-order valence-electron chi connectivity index (χ3n) is 5.02. The summed E-state index contributed by atoms with van der Waals surface area (Å²) in [6.45, 7) is 4.11. The number of carbonyl (C=O) groups excluding carboxylic acids is 2. The first-order valence-electron chi connectivity index (χ1n) is 9.25. The summed E-state index contributed by atoms with van der Waals surface area (Å²) in [5, 5.41) is 3.30. The van der Waals surface area contributed by atoms with Gasteiger partial charge in [-0.15, -0.1) is 0 Å². The maximum Gasteiger partial charge on any atom is 0.338 e. The van der Waals surface area contributed by atoms with Crippen LogP contribution in [0.1, 0.15) is 46.2 Å². The highest BCUT2D eigenvalue weighted by atomic mass is 16.5. The Balaban J connectivity index is 1.65. The average Bonchev–Trinajstić information content (AvgIpc) is 3.01. The normalized spacial score (nSPS) is 14.9. The molecule has 1 N–H and O–H groups in total. The van der Waals surface area contributed by atoms with Gasteiger partial charge in [0.15, 0.2) is 0 Å². The molecule has 1 unspecified atom stereocenters. The van der Waals surface area contributed by atoms with E-state index in [-0.39, 0.29) is 17.0 Å². The number of ether oxygens (including phenoxy) is 1. The minimum atomic E-state index is -0.468. The summed E-state index contributed by atoms with van der Waals surface area (Å²) >= 11 is 0. The van der Waals surface area contributed by atoms with Crippen LogP contribution >= 0.6 is 0 Å². The van der Waals surface area contributed by atoms with Crippen LogP contribution in [-0.4, -0.2) is 23.1 Å². The number of nitrogens with zero attached hydrogens (tertiary/aromatic N) is 1. The predicted molar refractivity (Wildman–Crippen MR) is 107 cm³/mol. The lowest BCUT2D eigenvalue weighted by atomic mass is 10.1. The molecule has 0 saturated carbocycles. The summed E-state index contributed by atoms with van der Waals surface area (Å²) in [5.74, 6) is -0.884. The van der Waals surface area contributed by atoms with Crippen molar-refractivity contribution in [1.29, 1.82) is 0 Å². The van der Waals surface area contributed by atoms with Crippen LogP contribution in [0.3, 0.4) is 0 Å². The fraction of sp³-hybridized carbons (Fsp3) is 0.227. The highest BCUT2D eigenvalue weighted by Crippen LogP contribution is 2.31. The summed E-state index contributed by atoms with van der Waals surface area (Å²) in [5.41, 5.74) is 2.77. The van der Waals surface area contributed by atoms with Crippen LogP contribution in [0.2, 0.25) is 0 Å². The van der Waals surface area contributed by atoms with Crippen molar-refractivity contribution in [3.63, 3.8) is 0 Å². The van der Waals surface area contributed by atoms with Crippen molar-refractivity contribution in [2.75, 3.05) is 11.9 Å². The molecule has 0 bridgehead atoms. The number of hydrogen-bond acceptors (Lipinski definition) is 4. The van der Waals surface area contributed by atoms with Crippen molar-refractivity contribution in [3.05, 3.63) is 75.6 Å². The van der Waals surface area contributed by atoms with Crippen LogP contribution in [0.15, 0.2) is 53.5 Å². The number of para-hydroxylation sites is 1. The summed E-state index contributed by atoms with van der Waals surface area (Å²) in [4.78, 5) is 37.4. The Morgan fingerprint density at radius 2 is 1.93 bits per heavy atom. The molecule has 6 heteroatoms. The van der Waals surface area contributed by atoms with Gasteiger partial charge in [-0.3, -0.25) is 9.59 Å². The van der Waals surface area contributed by atoms with E-state index in [1.165, 1.54) is 0 Å². The molecule has 1 aliphatic heterocycles. The van der Waals surface area contributed by atoms with E-state index in [2.05, 4.69) is 12.2 Å². The molecule has 0 radical (unpaired) electrons. The third kappa shape index (κ3) is 2.97. The molecular weight excluding hydrogens is 356 g/mol. The largest absolute Gasteiger partial charge is 0.462 e. The minimum absolute atomic E-state index is 0.105. The van der Waals surface area contributed by atoms with Gasteiger partial charge in [-0.1, -0.05) is 12.1 Å². The van der Waals surface area contributed by atoms with E-state index >= 15 is 0 Å². The second kappa shape index (κ2) is 6.96. The van der Waals surface area contributed by atoms with Crippen molar-refractivity contribution in [2.24, 2.45) is 0 Å². The Morgan fingerprint density at radius 3 is 2.64 bits per heavy atom. The Bertz CT molecular complexity index is 1150. The SMILES string of the molecule is CCOC(=O)c1ccc(NC(=O)c2cn3c4c(cccc4c2=O)CC3C)cc1. The molecule has 0 spiro atoms. The van der Waals surface area contributed by atoms with Crippen LogP contribution in [0.25, 0.3) is 10.9 Å². The first-order chi connectivity index (χ1) is 13.5. The topological polar surface area (TPSA) is 77.4 Å². The molecule has 0 saturated heterocycles. The number of pyridine rings is 1. The molecule has 1 aromatic heterocycles. The van der Waals surface area contributed by atoms with Crippen molar-refractivity contribution >= 4 is 28.5 Å². The van der Waals surface area contributed by atoms with Gasteiger partial charge in [0.1, 0.15) is 5.56 Å². The zero-order valence-electron chi connectivity index (χ0n) is 15.7. The standard InChI is InChI=1S/C22H20N2O4/c1-3-28-22(27)14-7-9-16(10-8-14)23-21(26)18-12-24-13(2)11-15-5-4-6-17(19(15)24)20(18)25/h4-10,12-13H,3,11H2,1-2H3,(H,23,26). The number of anilines is 1. The van der Waals surface area contributed by atoms with Crippen LogP contribution in [0, 0.1) is 0 Å². The van der Waals surface area contributed by atoms with Crippen LogP contribution < -0.4 is 10.7 Å². The first-order valence-corrected chi connectivity index (χ1v) is 9.25. The zero-order valence-corrected chi connectivity index (χ0v) is 15.7. The second-order valence-corrected chi connectivity index (χ2v) is 6.90. The Hall–Kier alpha value is -3.41. The number of esters is 1. The molecule has 0 aliphatic carbocycles. The van der Waals surface area contributed by atoms with Gasteiger partial charge >= 0.3 is 5.97 Å². The summed E-state index contributed by atoms with van der Waals surface area (Å²) < 4.78 is 6.95. The fourth-order valence-electron chi connectivity index (χ4n) is 3.68. The number of aromatic nitrogens is 1. The fourth-order valence-corrected chi connectivity index (χ4v) is 3.68. The van der Waals surface area contributed by atoms with Crippen LogP contribution in [0.4, 0.5) is 5.69 Å². The van der Waals surface area contributed by atoms with Gasteiger partial charge in [0.05, 0.1) is 17.7 Å². The average molecular weight is 376 g/mol. The Kier molecular flexibility index (Phi) is 4.47. The quantitative estimate of drug-likeness (QED) is 0.707. The maximum atomic E-state index is 12.9. The van der Waals surface area contributed by atoms with E-state index in [0.717, 1.165) is 17.5 Å². The molecule has 2 heterocycles. The molecule has 1 aliphatic rings. The van der Waals surface area contributed by atoms with Crippen LogP contribution in [0.5, 0.6) is 0 Å². The number of nitrogens with one attached hydrogen (secondary N) is 1. The molecule has 0 fully saturated rings. The second-order valence-electron chi connectivity index (χ2n) is 6.90. The summed E-state index contributed by atoms with van der Waals surface area (Å²) in [7, 11) is 0. The number of carbonyl (C=O) groups is 2. The minimum Gasteiger partial charge on any atom is -0.462 e. The zero-order chi connectivity index (χ0) is 19.8. The Labute approximate surface area is 161 Å². The van der Waals surface area contributed by atoms with Gasteiger partial charge in [-0.2, -0.15) is 0 Å². The van der Waals surface area contributed by atoms with Gasteiger partial charge in [0.2, 0.25) is 5.43 Å². The molecule has 2 aromatic carbocycles. The van der Waals surface area contributed by atoms with E-state index in [1.807, 2.05) is 16.7 Å². The maximum absolute atomic E-state index is 12.9. The van der Waals surface area contributed by atoms with Crippen molar-refractivity contribution < 1.29 is 14.3 Å². The van der Waals surface area contributed by atoms with Gasteiger partial charge in [0, 0.05) is 23.3 Å². The lowest BCUT2D eigenvalue weighted by Crippen LogP contribution is -2.23. The highest BCUT2D eigenvalue weighted by Gasteiger charge is 2.24. The lowest BCUT2D eigenvalue weighted by Gasteiger charge is -2.13. The molecule has 28 heavy (non-hydrogen) atoms. The van der Waals surface area contributed by atoms with Crippen molar-refractivity contribution in [3.8, 4) is 0 Å². The molecule has 4 rings (SSSR count). The van der Waals surface area contributed by atoms with Gasteiger partial charge in [-0.05, 0) is 56.2 Å². The molecule has 1 amide bonds. The molecule has 3 aromatic rings. The van der Waals surface area contributed by atoms with E-state index in [1.54, 1.807) is 43.5 Å². The lowest BCUT2D eigenvalue weighted by molar-refractivity contribution is 0.0526. The predicted octanol–water partition coefficient (Wildman–Crippen LogP) is 3.55. The van der Waals surface area contributed by atoms with E-state index in [4.69, 9.17) is 4.74 Å². The van der Waals surface area contributed by atoms with E-state index in [0.29, 0.717) is 23.2 Å². The van der Waals surface area contributed by atoms with Gasteiger partial charge in [0.25, 0.3) is 5.91 Å². The highest BCUT2D eigenvalue weighted by molar-refractivity contribution is 6.06.